The van der Waals surface area contributed by atoms with Crippen molar-refractivity contribution in [2.45, 2.75) is 44.6 Å². The van der Waals surface area contributed by atoms with Crippen LogP contribution in [-0.2, 0) is 4.74 Å². The van der Waals surface area contributed by atoms with Gasteiger partial charge in [0, 0.05) is 6.61 Å². The molecule has 1 atom stereocenters. The molecule has 0 radical (unpaired) electrons. The zero-order chi connectivity index (χ0) is 8.44. The van der Waals surface area contributed by atoms with Gasteiger partial charge < -0.3 is 9.84 Å². The fourth-order valence-electron chi connectivity index (χ4n) is 2.40. The molecule has 2 aliphatic rings. The van der Waals surface area contributed by atoms with Gasteiger partial charge in [-0.3, -0.25) is 0 Å². The average Bonchev–Trinajstić information content (AvgIpc) is 2.90. The van der Waals surface area contributed by atoms with Crippen molar-refractivity contribution in [2.75, 3.05) is 13.2 Å². The smallest absolute Gasteiger partial charge is 0.0816 e. The lowest BCUT2D eigenvalue weighted by molar-refractivity contribution is 0.0653. The first kappa shape index (κ1) is 8.52. The standard InChI is InChI=1S/C10H18O2/c11-8-10(6-9-7-12-9)4-2-1-3-5-10/h9,11H,1-8H2/t9-/m1/s1. The Morgan fingerprint density at radius 1 is 1.25 bits per heavy atom. The second-order valence-electron chi connectivity index (χ2n) is 4.38. The Morgan fingerprint density at radius 3 is 2.42 bits per heavy atom. The summed E-state index contributed by atoms with van der Waals surface area (Å²) in [5, 5.41) is 9.36. The van der Waals surface area contributed by atoms with E-state index in [1.807, 2.05) is 0 Å². The van der Waals surface area contributed by atoms with Crippen LogP contribution < -0.4 is 0 Å². The van der Waals surface area contributed by atoms with Gasteiger partial charge in [0.2, 0.25) is 0 Å². The van der Waals surface area contributed by atoms with E-state index in [2.05, 4.69) is 0 Å². The second-order valence-corrected chi connectivity index (χ2v) is 4.38. The highest BCUT2D eigenvalue weighted by Gasteiger charge is 2.38. The molecule has 0 spiro atoms. The van der Waals surface area contributed by atoms with Crippen LogP contribution in [0.3, 0.4) is 0 Å². The SMILES string of the molecule is OCC1(C[C@@H]2CO2)CCCCC1. The molecule has 70 valence electrons. The van der Waals surface area contributed by atoms with E-state index in [1.54, 1.807) is 0 Å². The second kappa shape index (κ2) is 3.35. The highest BCUT2D eigenvalue weighted by molar-refractivity contribution is 4.87. The summed E-state index contributed by atoms with van der Waals surface area (Å²) in [5.41, 5.74) is 0.236. The van der Waals surface area contributed by atoms with Crippen LogP contribution in [-0.4, -0.2) is 24.4 Å². The summed E-state index contributed by atoms with van der Waals surface area (Å²) in [5.74, 6) is 0. The van der Waals surface area contributed by atoms with E-state index in [4.69, 9.17) is 4.74 Å². The van der Waals surface area contributed by atoms with Gasteiger partial charge in [0.15, 0.2) is 0 Å². The number of rotatable bonds is 3. The highest BCUT2D eigenvalue weighted by atomic mass is 16.6. The quantitative estimate of drug-likeness (QED) is 0.654. The third kappa shape index (κ3) is 1.80. The fraction of sp³-hybridized carbons (Fsp3) is 1.00. The Bertz CT molecular complexity index is 146. The van der Waals surface area contributed by atoms with Crippen molar-refractivity contribution in [3.8, 4) is 0 Å². The van der Waals surface area contributed by atoms with Crippen LogP contribution in [0.4, 0.5) is 0 Å². The normalized spacial score (nSPS) is 33.2. The minimum atomic E-state index is 0.236. The van der Waals surface area contributed by atoms with Gasteiger partial charge in [-0.05, 0) is 24.7 Å². The van der Waals surface area contributed by atoms with Crippen molar-refractivity contribution in [1.82, 2.24) is 0 Å². The lowest BCUT2D eigenvalue weighted by atomic mass is 9.72. The number of ether oxygens (including phenoxy) is 1. The minimum absolute atomic E-state index is 0.236. The van der Waals surface area contributed by atoms with E-state index in [-0.39, 0.29) is 5.41 Å². The van der Waals surface area contributed by atoms with E-state index in [0.717, 1.165) is 13.0 Å². The van der Waals surface area contributed by atoms with E-state index < -0.39 is 0 Å². The predicted octanol–water partition coefficient (Wildman–Crippen LogP) is 1.72. The Kier molecular flexibility index (Phi) is 2.37. The summed E-state index contributed by atoms with van der Waals surface area (Å²) >= 11 is 0. The Balaban J connectivity index is 1.90. The maximum atomic E-state index is 9.36. The first-order valence-electron chi connectivity index (χ1n) is 5.07. The summed E-state index contributed by atoms with van der Waals surface area (Å²) in [7, 11) is 0. The lowest BCUT2D eigenvalue weighted by Gasteiger charge is -2.35. The molecule has 2 nitrogen and oxygen atoms in total. The van der Waals surface area contributed by atoms with Crippen LogP contribution in [0.25, 0.3) is 0 Å². The fourth-order valence-corrected chi connectivity index (χ4v) is 2.40. The van der Waals surface area contributed by atoms with Crippen LogP contribution >= 0.6 is 0 Å². The van der Waals surface area contributed by atoms with Gasteiger partial charge in [-0.25, -0.2) is 0 Å². The molecule has 0 aromatic rings. The van der Waals surface area contributed by atoms with Crippen LogP contribution in [0.2, 0.25) is 0 Å². The number of aliphatic hydroxyl groups excluding tert-OH is 1. The molecular formula is C10H18O2. The number of epoxide rings is 1. The Hall–Kier alpha value is -0.0800. The predicted molar refractivity (Wildman–Crippen MR) is 47.0 cm³/mol. The topological polar surface area (TPSA) is 32.8 Å². The molecule has 1 saturated heterocycles. The zero-order valence-electron chi connectivity index (χ0n) is 7.59. The van der Waals surface area contributed by atoms with Crippen molar-refractivity contribution in [1.29, 1.82) is 0 Å². The van der Waals surface area contributed by atoms with Gasteiger partial charge in [-0.15, -0.1) is 0 Å². The van der Waals surface area contributed by atoms with Crippen molar-refractivity contribution in [2.24, 2.45) is 5.41 Å². The van der Waals surface area contributed by atoms with Crippen LogP contribution in [0.1, 0.15) is 38.5 Å². The van der Waals surface area contributed by atoms with Gasteiger partial charge >= 0.3 is 0 Å². The van der Waals surface area contributed by atoms with E-state index >= 15 is 0 Å². The summed E-state index contributed by atoms with van der Waals surface area (Å²) < 4.78 is 5.23. The Labute approximate surface area is 73.9 Å². The molecule has 2 rings (SSSR count). The molecule has 0 aromatic heterocycles. The first-order valence-corrected chi connectivity index (χ1v) is 5.07. The zero-order valence-corrected chi connectivity index (χ0v) is 7.59. The van der Waals surface area contributed by atoms with Crippen molar-refractivity contribution >= 4 is 0 Å². The monoisotopic (exact) mass is 170 g/mol. The molecule has 2 fully saturated rings. The van der Waals surface area contributed by atoms with E-state index in [1.165, 1.54) is 32.1 Å². The van der Waals surface area contributed by atoms with Gasteiger partial charge in [0.05, 0.1) is 12.7 Å². The largest absolute Gasteiger partial charge is 0.396 e. The van der Waals surface area contributed by atoms with Crippen LogP contribution in [0.15, 0.2) is 0 Å². The molecule has 1 N–H and O–H groups in total. The number of hydrogen-bond acceptors (Lipinski definition) is 2. The first-order chi connectivity index (χ1) is 5.85. The maximum Gasteiger partial charge on any atom is 0.0816 e. The molecule has 1 saturated carbocycles. The lowest BCUT2D eigenvalue weighted by Crippen LogP contribution is -2.29. The molecule has 0 bridgehead atoms. The van der Waals surface area contributed by atoms with Gasteiger partial charge in [-0.2, -0.15) is 0 Å². The van der Waals surface area contributed by atoms with Crippen LogP contribution in [0, 0.1) is 5.41 Å². The molecule has 0 aromatic carbocycles. The molecule has 0 unspecified atom stereocenters. The van der Waals surface area contributed by atoms with Crippen molar-refractivity contribution < 1.29 is 9.84 Å². The van der Waals surface area contributed by atoms with E-state index in [9.17, 15) is 5.11 Å². The van der Waals surface area contributed by atoms with Crippen LogP contribution in [0.5, 0.6) is 0 Å². The van der Waals surface area contributed by atoms with E-state index in [0.29, 0.717) is 12.7 Å². The average molecular weight is 170 g/mol. The minimum Gasteiger partial charge on any atom is -0.396 e. The van der Waals surface area contributed by atoms with Crippen molar-refractivity contribution in [3.05, 3.63) is 0 Å². The van der Waals surface area contributed by atoms with Crippen molar-refractivity contribution in [3.63, 3.8) is 0 Å². The van der Waals surface area contributed by atoms with Gasteiger partial charge in [0.1, 0.15) is 0 Å². The highest BCUT2D eigenvalue weighted by Crippen LogP contribution is 2.42. The summed E-state index contributed by atoms with van der Waals surface area (Å²) in [4.78, 5) is 0. The summed E-state index contributed by atoms with van der Waals surface area (Å²) in [6.45, 7) is 1.30. The van der Waals surface area contributed by atoms with Gasteiger partial charge in [-0.1, -0.05) is 19.3 Å². The molecule has 1 aliphatic carbocycles. The molecule has 1 aliphatic heterocycles. The molecule has 1 heterocycles. The summed E-state index contributed by atoms with van der Waals surface area (Å²) in [6.07, 6.45) is 7.96. The molecule has 2 heteroatoms. The van der Waals surface area contributed by atoms with Gasteiger partial charge in [0.25, 0.3) is 0 Å². The Morgan fingerprint density at radius 2 is 1.92 bits per heavy atom. The molecule has 0 amide bonds. The maximum absolute atomic E-state index is 9.36. The number of hydrogen-bond donors (Lipinski definition) is 1. The molecular weight excluding hydrogens is 152 g/mol. The third-order valence-electron chi connectivity index (χ3n) is 3.31. The third-order valence-corrected chi connectivity index (χ3v) is 3.31. The number of aliphatic hydroxyl groups is 1. The molecule has 12 heavy (non-hydrogen) atoms. The summed E-state index contributed by atoms with van der Waals surface area (Å²) in [6, 6.07) is 0.